The van der Waals surface area contributed by atoms with Crippen LogP contribution in [0.25, 0.3) is 11.4 Å². The second kappa shape index (κ2) is 10.5. The molecule has 6 N–H and O–H groups in total. The first-order valence-electron chi connectivity index (χ1n) is 14.0. The van der Waals surface area contributed by atoms with E-state index in [2.05, 4.69) is 60.3 Å². The number of aromatic amines is 1. The van der Waals surface area contributed by atoms with Crippen molar-refractivity contribution < 1.29 is 4.79 Å². The Labute approximate surface area is 228 Å². The normalized spacial score (nSPS) is 23.8. The highest BCUT2D eigenvalue weighted by Gasteiger charge is 2.39. The van der Waals surface area contributed by atoms with Gasteiger partial charge in [-0.3, -0.25) is 9.89 Å². The Morgan fingerprint density at radius 1 is 1.18 bits per heavy atom. The molecule has 2 aliphatic carbocycles. The van der Waals surface area contributed by atoms with Gasteiger partial charge in [0, 0.05) is 36.1 Å². The lowest BCUT2D eigenvalue weighted by molar-refractivity contribution is 0.0939. The molecule has 2 fully saturated rings. The van der Waals surface area contributed by atoms with Crippen molar-refractivity contribution in [2.75, 3.05) is 25.4 Å². The topological polar surface area (TPSA) is 137 Å². The zero-order valence-corrected chi connectivity index (χ0v) is 23.2. The van der Waals surface area contributed by atoms with Crippen LogP contribution < -0.4 is 21.7 Å². The van der Waals surface area contributed by atoms with E-state index < -0.39 is 0 Å². The van der Waals surface area contributed by atoms with E-state index in [-0.39, 0.29) is 22.8 Å². The molecule has 1 amide bonds. The number of carbonyl (C=O) groups excluding carboxylic acids is 1. The van der Waals surface area contributed by atoms with Crippen LogP contribution in [0.15, 0.2) is 17.3 Å². The molecular formula is C27H39N9OS. The monoisotopic (exact) mass is 537 g/mol. The number of nitrogen functional groups attached to an aromatic ring is 1. The molecule has 4 heterocycles. The molecule has 4 aliphatic rings. The first-order valence-corrected chi connectivity index (χ1v) is 14.9. The Kier molecular flexibility index (Phi) is 7.09. The molecule has 2 aromatic rings. The number of aromatic nitrogens is 4. The van der Waals surface area contributed by atoms with Gasteiger partial charge in [-0.15, -0.1) is 0 Å². The van der Waals surface area contributed by atoms with Crippen LogP contribution in [0.2, 0.25) is 0 Å². The highest BCUT2D eigenvalue weighted by Crippen LogP contribution is 2.42. The fourth-order valence-corrected chi connectivity index (χ4v) is 7.41. The number of anilines is 1. The van der Waals surface area contributed by atoms with E-state index in [0.29, 0.717) is 29.5 Å². The SMILES string of the molecule is CC1(C)Cc2cnc(N)nc2-c2n[nH]c(C(=O)NC3NC(CNC4CCN(C5CCCCC5)CC4)=CS3)c21. The minimum atomic E-state index is -0.294. The molecule has 1 saturated heterocycles. The number of H-pyrrole nitrogens is 1. The van der Waals surface area contributed by atoms with Gasteiger partial charge in [0.1, 0.15) is 11.4 Å². The fraction of sp³-hybridized carbons (Fsp3) is 0.630. The molecule has 6 rings (SSSR count). The Morgan fingerprint density at radius 2 is 1.97 bits per heavy atom. The molecule has 204 valence electrons. The van der Waals surface area contributed by atoms with Gasteiger partial charge in [0.2, 0.25) is 5.95 Å². The number of hydrogen-bond acceptors (Lipinski definition) is 9. The van der Waals surface area contributed by atoms with E-state index in [1.807, 2.05) is 0 Å². The highest BCUT2D eigenvalue weighted by molar-refractivity contribution is 8.02. The maximum atomic E-state index is 13.3. The highest BCUT2D eigenvalue weighted by atomic mass is 32.2. The number of piperidine rings is 1. The Bertz CT molecular complexity index is 1210. The molecule has 2 aliphatic heterocycles. The average molecular weight is 538 g/mol. The van der Waals surface area contributed by atoms with E-state index in [1.54, 1.807) is 18.0 Å². The van der Waals surface area contributed by atoms with Gasteiger partial charge >= 0.3 is 0 Å². The van der Waals surface area contributed by atoms with Gasteiger partial charge in [-0.25, -0.2) is 9.97 Å². The van der Waals surface area contributed by atoms with Crippen LogP contribution >= 0.6 is 11.8 Å². The van der Waals surface area contributed by atoms with Crippen molar-refractivity contribution in [2.45, 2.75) is 88.2 Å². The summed E-state index contributed by atoms with van der Waals surface area (Å²) in [5.74, 6) is 0.0250. The third-order valence-electron chi connectivity index (χ3n) is 8.54. The van der Waals surface area contributed by atoms with Crippen molar-refractivity contribution in [3.8, 4) is 11.4 Å². The second-order valence-electron chi connectivity index (χ2n) is 11.7. The molecule has 0 spiro atoms. The van der Waals surface area contributed by atoms with E-state index >= 15 is 0 Å². The summed E-state index contributed by atoms with van der Waals surface area (Å²) < 4.78 is 0. The van der Waals surface area contributed by atoms with Crippen LogP contribution in [0.4, 0.5) is 5.95 Å². The van der Waals surface area contributed by atoms with Gasteiger partial charge in [0.25, 0.3) is 5.91 Å². The molecule has 0 aromatic carbocycles. The average Bonchev–Trinajstić information content (AvgIpc) is 3.57. The number of nitrogens with zero attached hydrogens (tertiary/aromatic N) is 4. The zero-order valence-electron chi connectivity index (χ0n) is 22.3. The molecule has 1 unspecified atom stereocenters. The molecule has 1 saturated carbocycles. The third kappa shape index (κ3) is 5.15. The van der Waals surface area contributed by atoms with Crippen LogP contribution in [-0.4, -0.2) is 68.2 Å². The van der Waals surface area contributed by atoms with Crippen LogP contribution in [0, 0.1) is 0 Å². The minimum absolute atomic E-state index is 0.181. The first kappa shape index (κ1) is 25.6. The van der Waals surface area contributed by atoms with Gasteiger partial charge in [-0.2, -0.15) is 5.10 Å². The smallest absolute Gasteiger partial charge is 0.271 e. The summed E-state index contributed by atoms with van der Waals surface area (Å²) in [4.78, 5) is 24.6. The third-order valence-corrected chi connectivity index (χ3v) is 9.47. The predicted molar refractivity (Wildman–Crippen MR) is 150 cm³/mol. The molecule has 38 heavy (non-hydrogen) atoms. The summed E-state index contributed by atoms with van der Waals surface area (Å²) in [5.41, 5.74) is 10.2. The quantitative estimate of drug-likeness (QED) is 0.377. The second-order valence-corrected chi connectivity index (χ2v) is 12.7. The lowest BCUT2D eigenvalue weighted by Gasteiger charge is -2.39. The van der Waals surface area contributed by atoms with Crippen molar-refractivity contribution in [3.05, 3.63) is 34.1 Å². The van der Waals surface area contributed by atoms with Gasteiger partial charge in [-0.1, -0.05) is 44.9 Å². The summed E-state index contributed by atoms with van der Waals surface area (Å²) >= 11 is 1.58. The van der Waals surface area contributed by atoms with Crippen molar-refractivity contribution in [1.29, 1.82) is 0 Å². The van der Waals surface area contributed by atoms with Gasteiger partial charge in [-0.05, 0) is 61.6 Å². The maximum absolute atomic E-state index is 13.3. The number of amides is 1. The standard InChI is InChI=1S/C27H39N9OS/c1-27(2)12-16-13-30-25(28)32-21(16)22-20(27)23(35-34-22)24(37)33-26-31-18(15-38-26)14-29-17-8-10-36(11-9-17)19-6-4-3-5-7-19/h13,15,17,19,26,29,31H,3-12,14H2,1-2H3,(H,33,37)(H,34,35)(H2,28,30,32). The number of nitrogens with one attached hydrogen (secondary N) is 4. The number of carbonyl (C=O) groups is 1. The summed E-state index contributed by atoms with van der Waals surface area (Å²) in [6, 6.07) is 1.37. The van der Waals surface area contributed by atoms with E-state index in [0.717, 1.165) is 29.4 Å². The molecule has 1 atom stereocenters. The van der Waals surface area contributed by atoms with Gasteiger partial charge < -0.3 is 26.6 Å². The molecule has 11 heteroatoms. The molecule has 2 aromatic heterocycles. The van der Waals surface area contributed by atoms with Crippen LogP contribution in [-0.2, 0) is 11.8 Å². The van der Waals surface area contributed by atoms with Crippen molar-refractivity contribution in [1.82, 2.24) is 41.0 Å². The lowest BCUT2D eigenvalue weighted by atomic mass is 9.73. The Balaban J connectivity index is 1.01. The van der Waals surface area contributed by atoms with Crippen molar-refractivity contribution in [2.24, 2.45) is 0 Å². The van der Waals surface area contributed by atoms with Crippen molar-refractivity contribution in [3.63, 3.8) is 0 Å². The molecule has 10 nitrogen and oxygen atoms in total. The summed E-state index contributed by atoms with van der Waals surface area (Å²) in [5, 5.41) is 19.9. The number of nitrogens with two attached hydrogens (primary N) is 1. The van der Waals surface area contributed by atoms with Crippen LogP contribution in [0.5, 0.6) is 0 Å². The minimum Gasteiger partial charge on any atom is -0.368 e. The lowest BCUT2D eigenvalue weighted by Crippen LogP contribution is -2.48. The zero-order chi connectivity index (χ0) is 26.3. The Morgan fingerprint density at radius 3 is 2.76 bits per heavy atom. The summed E-state index contributed by atoms with van der Waals surface area (Å²) in [6.07, 6.45) is 11.9. The number of hydrogen-bond donors (Lipinski definition) is 5. The fourth-order valence-electron chi connectivity index (χ4n) is 6.57. The maximum Gasteiger partial charge on any atom is 0.271 e. The van der Waals surface area contributed by atoms with E-state index in [4.69, 9.17) is 5.73 Å². The van der Waals surface area contributed by atoms with E-state index in [9.17, 15) is 4.79 Å². The van der Waals surface area contributed by atoms with E-state index in [1.165, 1.54) is 58.0 Å². The van der Waals surface area contributed by atoms with Crippen molar-refractivity contribution >= 4 is 23.6 Å². The van der Waals surface area contributed by atoms with Gasteiger partial charge in [0.05, 0.1) is 5.69 Å². The number of fused-ring (bicyclic) bond motifs is 3. The number of rotatable bonds is 6. The van der Waals surface area contributed by atoms with Crippen LogP contribution in [0.1, 0.15) is 80.4 Å². The Hall–Kier alpha value is -2.63. The molecule has 0 bridgehead atoms. The molecular weight excluding hydrogens is 498 g/mol. The molecule has 0 radical (unpaired) electrons. The number of likely N-dealkylation sites (tertiary alicyclic amines) is 1. The summed E-state index contributed by atoms with van der Waals surface area (Å²) in [7, 11) is 0. The van der Waals surface area contributed by atoms with Gasteiger partial charge in [0.15, 0.2) is 5.50 Å². The summed E-state index contributed by atoms with van der Waals surface area (Å²) in [6.45, 7) is 7.43. The first-order chi connectivity index (χ1) is 18.4. The number of thioether (sulfide) groups is 1. The van der Waals surface area contributed by atoms with Crippen LogP contribution in [0.3, 0.4) is 0 Å². The largest absolute Gasteiger partial charge is 0.368 e. The predicted octanol–water partition coefficient (Wildman–Crippen LogP) is 2.86.